The number of pyridine rings is 1. The van der Waals surface area contributed by atoms with Crippen LogP contribution in [0.2, 0.25) is 0 Å². The molecule has 1 heterocycles. The number of aryl methyl sites for hydroxylation is 1. The van der Waals surface area contributed by atoms with Gasteiger partial charge in [0.15, 0.2) is 9.84 Å². The van der Waals surface area contributed by atoms with E-state index in [1.165, 1.54) is 10.8 Å². The van der Waals surface area contributed by atoms with Gasteiger partial charge in [-0.05, 0) is 42.5 Å². The number of aromatic nitrogens is 1. The highest BCUT2D eigenvalue weighted by atomic mass is 32.2. The number of ether oxygens (including phenoxy) is 1. The zero-order chi connectivity index (χ0) is 20.1. The lowest BCUT2D eigenvalue weighted by atomic mass is 9.99. The second kappa shape index (κ2) is 6.48. The molecule has 0 spiro atoms. The monoisotopic (exact) mass is 397 g/mol. The van der Waals surface area contributed by atoms with Gasteiger partial charge >= 0.3 is 0 Å². The fourth-order valence-corrected chi connectivity index (χ4v) is 3.96. The van der Waals surface area contributed by atoms with Gasteiger partial charge < -0.3 is 9.30 Å². The maximum atomic E-state index is 12.5. The number of fused-ring (bicyclic) bond motifs is 1. The molecule has 3 aromatic rings. The van der Waals surface area contributed by atoms with E-state index in [2.05, 4.69) is 6.92 Å². The molecule has 0 atom stereocenters. The number of hydrogen-bond acceptors (Lipinski definition) is 4. The Bertz CT molecular complexity index is 1240. The maximum absolute atomic E-state index is 12.5. The van der Waals surface area contributed by atoms with Crippen molar-refractivity contribution in [2.45, 2.75) is 24.7 Å². The number of rotatable bonds is 5. The molecule has 1 saturated carbocycles. The first-order chi connectivity index (χ1) is 13.2. The molecule has 6 heteroatoms. The van der Waals surface area contributed by atoms with Crippen LogP contribution in [-0.4, -0.2) is 25.8 Å². The van der Waals surface area contributed by atoms with Crippen LogP contribution in [0.5, 0.6) is 5.75 Å². The predicted octanol–water partition coefficient (Wildman–Crippen LogP) is 3.79. The van der Waals surface area contributed by atoms with Gasteiger partial charge in [0.05, 0.1) is 11.5 Å². The minimum absolute atomic E-state index is 0.0911. The van der Waals surface area contributed by atoms with Gasteiger partial charge in [-0.1, -0.05) is 25.1 Å². The Hall–Kier alpha value is -2.60. The van der Waals surface area contributed by atoms with Crippen LogP contribution in [0.3, 0.4) is 0 Å². The standard InChI is InChI=1S/C22H23NO4S/c1-22(10-11-22)14-27-20-9-8-15(28(3,25)26)12-18(20)19-13-23(2)21(24)17-7-5-4-6-16(17)19/h4-9,12-13H,10-11,14H2,1-3H3. The molecule has 5 nitrogen and oxygen atoms in total. The Morgan fingerprint density at radius 2 is 1.75 bits per heavy atom. The van der Waals surface area contributed by atoms with Crippen LogP contribution >= 0.6 is 0 Å². The Morgan fingerprint density at radius 1 is 1.07 bits per heavy atom. The van der Waals surface area contributed by atoms with Gasteiger partial charge in [-0.2, -0.15) is 0 Å². The van der Waals surface area contributed by atoms with Crippen molar-refractivity contribution in [1.29, 1.82) is 0 Å². The number of nitrogens with zero attached hydrogens (tertiary/aromatic N) is 1. The number of benzene rings is 2. The Labute approximate surface area is 164 Å². The van der Waals surface area contributed by atoms with Crippen LogP contribution < -0.4 is 10.3 Å². The van der Waals surface area contributed by atoms with Gasteiger partial charge in [0.25, 0.3) is 5.56 Å². The van der Waals surface area contributed by atoms with Crippen molar-refractivity contribution in [3.05, 3.63) is 59.0 Å². The van der Waals surface area contributed by atoms with Crippen LogP contribution in [-0.2, 0) is 16.9 Å². The average molecular weight is 397 g/mol. The van der Waals surface area contributed by atoms with Crippen molar-refractivity contribution in [3.63, 3.8) is 0 Å². The van der Waals surface area contributed by atoms with Crippen LogP contribution in [0.15, 0.2) is 58.4 Å². The Morgan fingerprint density at radius 3 is 2.39 bits per heavy atom. The molecule has 1 aromatic heterocycles. The molecule has 0 unspecified atom stereocenters. The van der Waals surface area contributed by atoms with Crippen LogP contribution in [0.4, 0.5) is 0 Å². The highest BCUT2D eigenvalue weighted by molar-refractivity contribution is 7.90. The van der Waals surface area contributed by atoms with E-state index in [9.17, 15) is 13.2 Å². The van der Waals surface area contributed by atoms with E-state index >= 15 is 0 Å². The molecular weight excluding hydrogens is 374 g/mol. The van der Waals surface area contributed by atoms with Crippen LogP contribution in [0, 0.1) is 5.41 Å². The van der Waals surface area contributed by atoms with Crippen molar-refractivity contribution in [2.24, 2.45) is 12.5 Å². The molecule has 2 aromatic carbocycles. The molecule has 0 radical (unpaired) electrons. The zero-order valence-electron chi connectivity index (χ0n) is 16.2. The molecule has 0 N–H and O–H groups in total. The van der Waals surface area contributed by atoms with Gasteiger partial charge in [-0.3, -0.25) is 4.79 Å². The minimum Gasteiger partial charge on any atom is -0.492 e. The summed E-state index contributed by atoms with van der Waals surface area (Å²) in [6.45, 7) is 2.76. The summed E-state index contributed by atoms with van der Waals surface area (Å²) in [5, 5.41) is 1.37. The summed E-state index contributed by atoms with van der Waals surface area (Å²) in [6, 6.07) is 12.3. The second-order valence-electron chi connectivity index (χ2n) is 8.03. The smallest absolute Gasteiger partial charge is 0.258 e. The van der Waals surface area contributed by atoms with Gasteiger partial charge in [0.1, 0.15) is 5.75 Å². The zero-order valence-corrected chi connectivity index (χ0v) is 17.0. The van der Waals surface area contributed by atoms with E-state index in [1.807, 2.05) is 18.2 Å². The van der Waals surface area contributed by atoms with Crippen molar-refractivity contribution >= 4 is 20.6 Å². The Kier molecular flexibility index (Phi) is 4.34. The molecule has 0 bridgehead atoms. The van der Waals surface area contributed by atoms with Gasteiger partial charge in [-0.15, -0.1) is 0 Å². The minimum atomic E-state index is -3.38. The SMILES string of the molecule is Cn1cc(-c2cc(S(C)(=O)=O)ccc2OCC2(C)CC2)c2ccccc2c1=O. The third-order valence-corrected chi connectivity index (χ3v) is 6.55. The molecule has 4 rings (SSSR count). The van der Waals surface area contributed by atoms with E-state index in [-0.39, 0.29) is 15.9 Å². The summed E-state index contributed by atoms with van der Waals surface area (Å²) in [5.41, 5.74) is 1.56. The van der Waals surface area contributed by atoms with Crippen molar-refractivity contribution in [1.82, 2.24) is 4.57 Å². The highest BCUT2D eigenvalue weighted by Gasteiger charge is 2.38. The third-order valence-electron chi connectivity index (χ3n) is 5.44. The molecule has 1 aliphatic rings. The largest absolute Gasteiger partial charge is 0.492 e. The van der Waals surface area contributed by atoms with E-state index in [4.69, 9.17) is 4.74 Å². The topological polar surface area (TPSA) is 65.4 Å². The van der Waals surface area contributed by atoms with Crippen LogP contribution in [0.1, 0.15) is 19.8 Å². The van der Waals surface area contributed by atoms with E-state index in [1.54, 1.807) is 37.5 Å². The lowest BCUT2D eigenvalue weighted by molar-refractivity contribution is 0.248. The first kappa shape index (κ1) is 18.7. The predicted molar refractivity (Wildman–Crippen MR) is 111 cm³/mol. The lowest BCUT2D eigenvalue weighted by Gasteiger charge is -2.17. The van der Waals surface area contributed by atoms with Gasteiger partial charge in [0.2, 0.25) is 0 Å². The fraction of sp³-hybridized carbons (Fsp3) is 0.318. The number of sulfone groups is 1. The van der Waals surface area contributed by atoms with Crippen molar-refractivity contribution in [2.75, 3.05) is 12.9 Å². The summed E-state index contributed by atoms with van der Waals surface area (Å²) in [5.74, 6) is 0.629. The molecule has 0 amide bonds. The number of hydrogen-bond donors (Lipinski definition) is 0. The summed E-state index contributed by atoms with van der Waals surface area (Å²) in [6.07, 6.45) is 5.20. The van der Waals surface area contributed by atoms with E-state index in [0.717, 1.165) is 23.8 Å². The molecule has 146 valence electrons. The Balaban J connectivity index is 1.95. The van der Waals surface area contributed by atoms with Crippen LogP contribution in [0.25, 0.3) is 21.9 Å². The third kappa shape index (κ3) is 3.44. The highest BCUT2D eigenvalue weighted by Crippen LogP contribution is 2.46. The summed E-state index contributed by atoms with van der Waals surface area (Å²) in [4.78, 5) is 12.8. The quantitative estimate of drug-likeness (QED) is 0.657. The summed E-state index contributed by atoms with van der Waals surface area (Å²) in [7, 11) is -1.68. The molecule has 0 saturated heterocycles. The molecule has 1 aliphatic carbocycles. The summed E-state index contributed by atoms with van der Waals surface area (Å²) < 4.78 is 31.9. The molecule has 0 aliphatic heterocycles. The maximum Gasteiger partial charge on any atom is 0.258 e. The van der Waals surface area contributed by atoms with Gasteiger partial charge in [-0.25, -0.2) is 8.42 Å². The fourth-order valence-electron chi connectivity index (χ4n) is 3.32. The van der Waals surface area contributed by atoms with Crippen molar-refractivity contribution < 1.29 is 13.2 Å². The summed E-state index contributed by atoms with van der Waals surface area (Å²) >= 11 is 0. The lowest BCUT2D eigenvalue weighted by Crippen LogP contribution is -2.16. The first-order valence-corrected chi connectivity index (χ1v) is 11.1. The normalized spacial score (nSPS) is 15.5. The average Bonchev–Trinajstić information content (AvgIpc) is 3.40. The first-order valence-electron chi connectivity index (χ1n) is 9.24. The molecule has 28 heavy (non-hydrogen) atoms. The van der Waals surface area contributed by atoms with Gasteiger partial charge in [0, 0.05) is 41.4 Å². The van der Waals surface area contributed by atoms with Crippen molar-refractivity contribution in [3.8, 4) is 16.9 Å². The molecular formula is C22H23NO4S. The second-order valence-corrected chi connectivity index (χ2v) is 10.0. The van der Waals surface area contributed by atoms with E-state index < -0.39 is 9.84 Å². The van der Waals surface area contributed by atoms with E-state index in [0.29, 0.717) is 23.3 Å². The molecule has 1 fully saturated rings.